The van der Waals surface area contributed by atoms with Gasteiger partial charge in [-0.25, -0.2) is 12.7 Å². The molecule has 7 nitrogen and oxygen atoms in total. The fraction of sp³-hybridized carbons (Fsp3) is 0.615. The van der Waals surface area contributed by atoms with Gasteiger partial charge in [-0.2, -0.15) is 0 Å². The minimum Gasteiger partial charge on any atom is -0.396 e. The minimum atomic E-state index is -3.60. The van der Waals surface area contributed by atoms with E-state index in [0.717, 1.165) is 6.42 Å². The van der Waals surface area contributed by atoms with Crippen LogP contribution in [0.25, 0.3) is 0 Å². The van der Waals surface area contributed by atoms with Crippen LogP contribution in [0, 0.1) is 0 Å². The van der Waals surface area contributed by atoms with E-state index in [-0.39, 0.29) is 17.4 Å². The van der Waals surface area contributed by atoms with Crippen LogP contribution in [-0.4, -0.2) is 55.6 Å². The van der Waals surface area contributed by atoms with Gasteiger partial charge < -0.3 is 15.0 Å². The number of carbonyl (C=O) groups is 1. The zero-order valence-corrected chi connectivity index (χ0v) is 13.5. The summed E-state index contributed by atoms with van der Waals surface area (Å²) < 4.78 is 27.6. The summed E-state index contributed by atoms with van der Waals surface area (Å²) in [5, 5.41) is 11.2. The first-order chi connectivity index (χ1) is 9.84. The highest BCUT2D eigenvalue weighted by molar-refractivity contribution is 7.89. The van der Waals surface area contributed by atoms with E-state index in [1.165, 1.54) is 35.2 Å². The lowest BCUT2D eigenvalue weighted by molar-refractivity contribution is 0.0955. The van der Waals surface area contributed by atoms with Gasteiger partial charge in [-0.1, -0.05) is 0 Å². The van der Waals surface area contributed by atoms with Crippen molar-refractivity contribution in [3.8, 4) is 0 Å². The van der Waals surface area contributed by atoms with Crippen LogP contribution < -0.4 is 5.32 Å². The second-order valence-electron chi connectivity index (χ2n) is 4.86. The minimum absolute atomic E-state index is 0.105. The predicted octanol–water partition coefficient (Wildman–Crippen LogP) is 0.168. The van der Waals surface area contributed by atoms with Crippen LogP contribution in [0.15, 0.2) is 17.2 Å². The lowest BCUT2D eigenvalue weighted by Gasteiger charge is -2.15. The van der Waals surface area contributed by atoms with Gasteiger partial charge in [0, 0.05) is 40.5 Å². The molecule has 1 heterocycles. The molecule has 0 bridgehead atoms. The molecule has 0 spiro atoms. The van der Waals surface area contributed by atoms with Crippen molar-refractivity contribution in [1.82, 2.24) is 14.2 Å². The van der Waals surface area contributed by atoms with E-state index in [4.69, 9.17) is 5.11 Å². The van der Waals surface area contributed by atoms with Crippen LogP contribution >= 0.6 is 0 Å². The number of sulfonamides is 1. The molecule has 0 unspecified atom stereocenters. The molecule has 0 aliphatic carbocycles. The van der Waals surface area contributed by atoms with E-state index in [1.807, 2.05) is 0 Å². The Morgan fingerprint density at radius 1 is 1.38 bits per heavy atom. The number of rotatable bonds is 8. The van der Waals surface area contributed by atoms with Gasteiger partial charge in [0.1, 0.15) is 10.6 Å². The van der Waals surface area contributed by atoms with E-state index < -0.39 is 10.0 Å². The fourth-order valence-corrected chi connectivity index (χ4v) is 3.23. The van der Waals surface area contributed by atoms with E-state index in [2.05, 4.69) is 5.32 Å². The second kappa shape index (κ2) is 7.58. The Labute approximate surface area is 125 Å². The molecule has 2 N–H and O–H groups in total. The molecule has 0 saturated carbocycles. The molecule has 120 valence electrons. The van der Waals surface area contributed by atoms with Crippen molar-refractivity contribution in [3.63, 3.8) is 0 Å². The number of aryl methyl sites for hydroxylation is 1. The van der Waals surface area contributed by atoms with Gasteiger partial charge in [0.05, 0.1) is 0 Å². The van der Waals surface area contributed by atoms with Crippen molar-refractivity contribution in [3.05, 3.63) is 18.0 Å². The summed E-state index contributed by atoms with van der Waals surface area (Å²) in [4.78, 5) is 11.7. The Kier molecular flexibility index (Phi) is 6.38. The van der Waals surface area contributed by atoms with E-state index in [9.17, 15) is 13.2 Å². The van der Waals surface area contributed by atoms with Crippen LogP contribution in [-0.2, 0) is 17.1 Å². The van der Waals surface area contributed by atoms with Crippen molar-refractivity contribution in [1.29, 1.82) is 0 Å². The van der Waals surface area contributed by atoms with Gasteiger partial charge in [0.15, 0.2) is 0 Å². The summed E-state index contributed by atoms with van der Waals surface area (Å²) in [6.07, 6.45) is 3.56. The first-order valence-corrected chi connectivity index (χ1v) is 8.24. The molecule has 0 aliphatic heterocycles. The van der Waals surface area contributed by atoms with E-state index in [1.54, 1.807) is 7.05 Å². The molecule has 21 heavy (non-hydrogen) atoms. The van der Waals surface area contributed by atoms with Gasteiger partial charge in [-0.05, 0) is 25.3 Å². The molecule has 8 heteroatoms. The number of aliphatic hydroxyl groups is 1. The third kappa shape index (κ3) is 4.29. The summed E-state index contributed by atoms with van der Waals surface area (Å²) in [6.45, 7) is 0.497. The Morgan fingerprint density at radius 3 is 2.62 bits per heavy atom. The Morgan fingerprint density at radius 2 is 2.05 bits per heavy atom. The predicted molar refractivity (Wildman–Crippen MR) is 79.6 cm³/mol. The molecule has 1 aromatic rings. The smallest absolute Gasteiger partial charge is 0.267 e. The summed E-state index contributed by atoms with van der Waals surface area (Å²) in [6, 6.07) is 1.37. The number of amides is 1. The van der Waals surface area contributed by atoms with Crippen molar-refractivity contribution >= 4 is 15.9 Å². The maximum atomic E-state index is 12.4. The Bertz CT molecular complexity index is 580. The second-order valence-corrected chi connectivity index (χ2v) is 6.91. The van der Waals surface area contributed by atoms with Gasteiger partial charge in [-0.3, -0.25) is 4.79 Å². The molecular formula is C13H23N3O4S. The van der Waals surface area contributed by atoms with Gasteiger partial charge in [0.25, 0.3) is 5.91 Å². The molecule has 1 aromatic heterocycles. The topological polar surface area (TPSA) is 91.6 Å². The van der Waals surface area contributed by atoms with Crippen LogP contribution in [0.4, 0.5) is 0 Å². The van der Waals surface area contributed by atoms with E-state index >= 15 is 0 Å². The number of nitrogens with zero attached hydrogens (tertiary/aromatic N) is 2. The lowest BCUT2D eigenvalue weighted by atomic mass is 10.2. The number of aliphatic hydroxyl groups excluding tert-OH is 1. The first-order valence-electron chi connectivity index (χ1n) is 6.80. The maximum absolute atomic E-state index is 12.4. The molecule has 0 aliphatic rings. The number of carbonyl (C=O) groups excluding carboxylic acids is 1. The molecule has 0 fully saturated rings. The Balaban J connectivity index is 2.85. The third-order valence-corrected chi connectivity index (χ3v) is 5.10. The van der Waals surface area contributed by atoms with Crippen molar-refractivity contribution in [2.75, 3.05) is 27.2 Å². The number of hydrogen-bond donors (Lipinski definition) is 2. The van der Waals surface area contributed by atoms with Crippen molar-refractivity contribution < 1.29 is 18.3 Å². The van der Waals surface area contributed by atoms with Crippen LogP contribution in [0.2, 0.25) is 0 Å². The number of nitrogens with one attached hydrogen (secondary N) is 1. The molecule has 0 saturated heterocycles. The largest absolute Gasteiger partial charge is 0.396 e. The van der Waals surface area contributed by atoms with Crippen molar-refractivity contribution in [2.45, 2.75) is 24.2 Å². The normalized spacial score (nSPS) is 11.9. The molecule has 1 amide bonds. The summed E-state index contributed by atoms with van der Waals surface area (Å²) >= 11 is 0. The summed E-state index contributed by atoms with van der Waals surface area (Å²) in [7, 11) is 1.04. The number of aromatic nitrogens is 1. The molecule has 0 atom stereocenters. The monoisotopic (exact) mass is 317 g/mol. The molecule has 0 radical (unpaired) electrons. The average Bonchev–Trinajstić information content (AvgIpc) is 2.85. The van der Waals surface area contributed by atoms with Crippen molar-refractivity contribution in [2.24, 2.45) is 7.05 Å². The Hall–Kier alpha value is -1.38. The van der Waals surface area contributed by atoms with Gasteiger partial charge in [-0.15, -0.1) is 0 Å². The van der Waals surface area contributed by atoms with Crippen LogP contribution in [0.1, 0.15) is 29.8 Å². The molecular weight excluding hydrogens is 294 g/mol. The highest BCUT2D eigenvalue weighted by Gasteiger charge is 2.24. The summed E-state index contributed by atoms with van der Waals surface area (Å²) in [5.41, 5.74) is 0.296. The number of unbranched alkanes of at least 4 members (excludes halogenated alkanes) is 2. The van der Waals surface area contributed by atoms with Gasteiger partial charge >= 0.3 is 0 Å². The maximum Gasteiger partial charge on any atom is 0.267 e. The third-order valence-electron chi connectivity index (χ3n) is 3.28. The zero-order chi connectivity index (χ0) is 16.0. The number of hydrogen-bond acceptors (Lipinski definition) is 4. The van der Waals surface area contributed by atoms with Crippen LogP contribution in [0.5, 0.6) is 0 Å². The SMILES string of the molecule is CNC(=O)c1cc(S(=O)(=O)N(C)CCCCCO)cn1C. The molecule has 0 aromatic carbocycles. The van der Waals surface area contributed by atoms with Crippen LogP contribution in [0.3, 0.4) is 0 Å². The standard InChI is InChI=1S/C13H23N3O4S/c1-14-13(18)12-9-11(10-15(12)2)21(19,20)16(3)7-5-4-6-8-17/h9-10,17H,4-8H2,1-3H3,(H,14,18). The fourth-order valence-electron chi connectivity index (χ4n) is 1.95. The summed E-state index contributed by atoms with van der Waals surface area (Å²) in [5.74, 6) is -0.329. The zero-order valence-electron chi connectivity index (χ0n) is 12.7. The quantitative estimate of drug-likeness (QED) is 0.669. The van der Waals surface area contributed by atoms with E-state index in [0.29, 0.717) is 25.1 Å². The van der Waals surface area contributed by atoms with Gasteiger partial charge in [0.2, 0.25) is 10.0 Å². The highest BCUT2D eigenvalue weighted by Crippen LogP contribution is 2.18. The molecule has 1 rings (SSSR count). The highest BCUT2D eigenvalue weighted by atomic mass is 32.2. The lowest BCUT2D eigenvalue weighted by Crippen LogP contribution is -2.27. The first kappa shape index (κ1) is 17.7. The average molecular weight is 317 g/mol.